The van der Waals surface area contributed by atoms with Crippen LogP contribution in [0, 0.1) is 0 Å². The Morgan fingerprint density at radius 2 is 1.94 bits per heavy atom. The van der Waals surface area contributed by atoms with Gasteiger partial charge in [0.25, 0.3) is 0 Å². The van der Waals surface area contributed by atoms with Crippen molar-refractivity contribution < 1.29 is 0 Å². The number of hydrogen-bond acceptors (Lipinski definition) is 3. The second kappa shape index (κ2) is 7.34. The molecule has 0 bridgehead atoms. The van der Waals surface area contributed by atoms with Crippen LogP contribution in [0.2, 0.25) is 0 Å². The van der Waals surface area contributed by atoms with E-state index in [1.807, 2.05) is 0 Å². The van der Waals surface area contributed by atoms with E-state index in [0.717, 1.165) is 0 Å². The first-order valence-corrected chi connectivity index (χ1v) is 7.16. The quantitative estimate of drug-likeness (QED) is 0.699. The van der Waals surface area contributed by atoms with Gasteiger partial charge in [-0.15, -0.1) is 0 Å². The highest BCUT2D eigenvalue weighted by Gasteiger charge is 2.33. The summed E-state index contributed by atoms with van der Waals surface area (Å²) in [7, 11) is 6.57. The van der Waals surface area contributed by atoms with Gasteiger partial charge >= 0.3 is 0 Å². The van der Waals surface area contributed by atoms with Crippen LogP contribution in [0.15, 0.2) is 0 Å². The molecule has 0 radical (unpaired) electrons. The zero-order chi connectivity index (χ0) is 12.7. The molecule has 1 atom stereocenters. The molecule has 0 aliphatic carbocycles. The van der Waals surface area contributed by atoms with Crippen molar-refractivity contribution in [2.75, 3.05) is 47.3 Å². The normalized spacial score (nSPS) is 25.1. The van der Waals surface area contributed by atoms with Gasteiger partial charge in [0, 0.05) is 12.1 Å². The second-order valence-electron chi connectivity index (χ2n) is 5.96. The number of nitrogens with one attached hydrogen (secondary N) is 1. The lowest BCUT2D eigenvalue weighted by Crippen LogP contribution is -2.49. The van der Waals surface area contributed by atoms with E-state index in [9.17, 15) is 0 Å². The van der Waals surface area contributed by atoms with Crippen LogP contribution >= 0.6 is 0 Å². The van der Waals surface area contributed by atoms with E-state index in [2.05, 4.69) is 43.2 Å². The Balaban J connectivity index is 2.29. The fourth-order valence-corrected chi connectivity index (χ4v) is 3.03. The van der Waals surface area contributed by atoms with Crippen LogP contribution in [0.25, 0.3) is 0 Å². The Kier molecular flexibility index (Phi) is 6.45. The van der Waals surface area contributed by atoms with Gasteiger partial charge in [-0.05, 0) is 66.5 Å². The molecule has 3 heteroatoms. The largest absolute Gasteiger partial charge is 0.310 e. The summed E-state index contributed by atoms with van der Waals surface area (Å²) in [6, 6.07) is 0. The third-order valence-corrected chi connectivity index (χ3v) is 3.78. The minimum atomic E-state index is 0.418. The second-order valence-corrected chi connectivity index (χ2v) is 5.96. The Labute approximate surface area is 108 Å². The summed E-state index contributed by atoms with van der Waals surface area (Å²) >= 11 is 0. The molecule has 17 heavy (non-hydrogen) atoms. The maximum absolute atomic E-state index is 3.75. The van der Waals surface area contributed by atoms with Crippen molar-refractivity contribution in [3.05, 3.63) is 0 Å². The molecule has 1 heterocycles. The Morgan fingerprint density at radius 3 is 2.47 bits per heavy atom. The molecule has 1 rings (SSSR count). The summed E-state index contributed by atoms with van der Waals surface area (Å²) < 4.78 is 0. The van der Waals surface area contributed by atoms with Crippen molar-refractivity contribution in [3.8, 4) is 0 Å². The van der Waals surface area contributed by atoms with Gasteiger partial charge in [-0.2, -0.15) is 0 Å². The molecular weight excluding hydrogens is 210 g/mol. The topological polar surface area (TPSA) is 18.5 Å². The van der Waals surface area contributed by atoms with Crippen LogP contribution in [0.3, 0.4) is 0 Å². The van der Waals surface area contributed by atoms with E-state index < -0.39 is 0 Å². The van der Waals surface area contributed by atoms with Crippen LogP contribution in [-0.4, -0.2) is 62.7 Å². The summed E-state index contributed by atoms with van der Waals surface area (Å²) in [5, 5.41) is 3.75. The van der Waals surface area contributed by atoms with Crippen molar-refractivity contribution in [1.29, 1.82) is 0 Å². The molecule has 0 spiro atoms. The number of nitrogens with zero attached hydrogens (tertiary/aromatic N) is 2. The lowest BCUT2D eigenvalue weighted by atomic mass is 9.91. The summed E-state index contributed by atoms with van der Waals surface area (Å²) in [4.78, 5) is 4.78. The lowest BCUT2D eigenvalue weighted by Gasteiger charge is -2.34. The van der Waals surface area contributed by atoms with Crippen molar-refractivity contribution >= 4 is 0 Å². The summed E-state index contributed by atoms with van der Waals surface area (Å²) in [6.45, 7) is 7.14. The number of hydrogen-bond donors (Lipinski definition) is 1. The molecule has 0 amide bonds. The van der Waals surface area contributed by atoms with Gasteiger partial charge in [0.1, 0.15) is 0 Å². The summed E-state index contributed by atoms with van der Waals surface area (Å²) in [6.07, 6.45) is 6.60. The predicted molar refractivity (Wildman–Crippen MR) is 75.5 cm³/mol. The highest BCUT2D eigenvalue weighted by molar-refractivity contribution is 4.94. The summed E-state index contributed by atoms with van der Waals surface area (Å²) in [5.41, 5.74) is 0.418. The van der Waals surface area contributed by atoms with Crippen LogP contribution in [0.5, 0.6) is 0 Å². The Bertz CT molecular complexity index is 198. The van der Waals surface area contributed by atoms with E-state index >= 15 is 0 Å². The average Bonchev–Trinajstić information content (AvgIpc) is 2.66. The molecule has 1 saturated heterocycles. The van der Waals surface area contributed by atoms with Gasteiger partial charge in [-0.1, -0.05) is 13.3 Å². The molecule has 0 aromatic carbocycles. The molecule has 1 unspecified atom stereocenters. The third kappa shape index (κ3) is 5.36. The Morgan fingerprint density at radius 1 is 1.18 bits per heavy atom. The average molecular weight is 241 g/mol. The fourth-order valence-electron chi connectivity index (χ4n) is 3.03. The van der Waals surface area contributed by atoms with Gasteiger partial charge in [0.05, 0.1) is 0 Å². The monoisotopic (exact) mass is 241 g/mol. The van der Waals surface area contributed by atoms with Crippen LogP contribution in [0.4, 0.5) is 0 Å². The van der Waals surface area contributed by atoms with Gasteiger partial charge in [0.15, 0.2) is 0 Å². The molecule has 102 valence electrons. The van der Waals surface area contributed by atoms with Crippen molar-refractivity contribution in [2.24, 2.45) is 0 Å². The van der Waals surface area contributed by atoms with Crippen LogP contribution < -0.4 is 5.32 Å². The smallest absolute Gasteiger partial charge is 0.0309 e. The van der Waals surface area contributed by atoms with Gasteiger partial charge in [-0.3, -0.25) is 0 Å². The van der Waals surface area contributed by atoms with E-state index in [1.54, 1.807) is 0 Å². The fraction of sp³-hybridized carbons (Fsp3) is 1.00. The molecule has 0 saturated carbocycles. The van der Waals surface area contributed by atoms with Crippen molar-refractivity contribution in [3.63, 3.8) is 0 Å². The minimum absolute atomic E-state index is 0.418. The third-order valence-electron chi connectivity index (χ3n) is 3.78. The molecule has 1 N–H and O–H groups in total. The van der Waals surface area contributed by atoms with Crippen LogP contribution in [-0.2, 0) is 0 Å². The zero-order valence-electron chi connectivity index (χ0n) is 12.3. The van der Waals surface area contributed by atoms with Gasteiger partial charge in [0.2, 0.25) is 0 Å². The molecule has 0 aromatic rings. The molecular formula is C14H31N3. The van der Waals surface area contributed by atoms with Crippen LogP contribution in [0.1, 0.15) is 39.0 Å². The first-order valence-electron chi connectivity index (χ1n) is 7.16. The first-order chi connectivity index (χ1) is 8.08. The van der Waals surface area contributed by atoms with Crippen molar-refractivity contribution in [1.82, 2.24) is 15.1 Å². The standard InChI is InChI=1S/C14H31N3/c1-5-8-14(9-6-10-15-14)13-17(4)12-7-11-16(2)3/h15H,5-13H2,1-4H3. The highest BCUT2D eigenvalue weighted by atomic mass is 15.2. The molecule has 0 aromatic heterocycles. The first kappa shape index (κ1) is 14.9. The molecule has 1 aliphatic heterocycles. The SMILES string of the molecule is CCCC1(CN(C)CCCN(C)C)CCCN1. The molecule has 1 fully saturated rings. The maximum atomic E-state index is 3.75. The van der Waals surface area contributed by atoms with Gasteiger partial charge < -0.3 is 15.1 Å². The maximum Gasteiger partial charge on any atom is 0.0309 e. The van der Waals surface area contributed by atoms with E-state index in [1.165, 1.54) is 58.3 Å². The van der Waals surface area contributed by atoms with E-state index in [0.29, 0.717) is 5.54 Å². The highest BCUT2D eigenvalue weighted by Crippen LogP contribution is 2.25. The number of rotatable bonds is 8. The minimum Gasteiger partial charge on any atom is -0.310 e. The zero-order valence-corrected chi connectivity index (χ0v) is 12.3. The number of likely N-dealkylation sites (N-methyl/N-ethyl adjacent to an activating group) is 1. The summed E-state index contributed by atoms with van der Waals surface area (Å²) in [5.74, 6) is 0. The predicted octanol–water partition coefficient (Wildman–Crippen LogP) is 1.79. The van der Waals surface area contributed by atoms with Crippen molar-refractivity contribution in [2.45, 2.75) is 44.6 Å². The molecule has 3 nitrogen and oxygen atoms in total. The van der Waals surface area contributed by atoms with E-state index in [4.69, 9.17) is 0 Å². The van der Waals surface area contributed by atoms with Gasteiger partial charge in [-0.25, -0.2) is 0 Å². The molecule has 1 aliphatic rings. The Hall–Kier alpha value is -0.120. The lowest BCUT2D eigenvalue weighted by molar-refractivity contribution is 0.206. The van der Waals surface area contributed by atoms with E-state index in [-0.39, 0.29) is 0 Å².